The SMILES string of the molecule is Fc1ccc2c(c1)CC1CC(F)(F)CCN21. The Morgan fingerprint density at radius 1 is 1.31 bits per heavy atom. The van der Waals surface area contributed by atoms with E-state index >= 15 is 0 Å². The van der Waals surface area contributed by atoms with Gasteiger partial charge in [-0.2, -0.15) is 0 Å². The van der Waals surface area contributed by atoms with Crippen LogP contribution in [-0.4, -0.2) is 18.5 Å². The van der Waals surface area contributed by atoms with Crippen molar-refractivity contribution in [3.05, 3.63) is 29.6 Å². The molecule has 0 N–H and O–H groups in total. The van der Waals surface area contributed by atoms with Gasteiger partial charge in [-0.1, -0.05) is 0 Å². The Morgan fingerprint density at radius 2 is 2.12 bits per heavy atom. The van der Waals surface area contributed by atoms with Gasteiger partial charge in [0.15, 0.2) is 0 Å². The summed E-state index contributed by atoms with van der Waals surface area (Å²) >= 11 is 0. The molecule has 1 aromatic carbocycles. The highest BCUT2D eigenvalue weighted by Gasteiger charge is 2.43. The van der Waals surface area contributed by atoms with Crippen LogP contribution in [0.25, 0.3) is 0 Å². The summed E-state index contributed by atoms with van der Waals surface area (Å²) < 4.78 is 39.5. The molecule has 2 aliphatic rings. The average Bonchev–Trinajstić information content (AvgIpc) is 2.51. The van der Waals surface area contributed by atoms with Gasteiger partial charge in [-0.15, -0.1) is 0 Å². The summed E-state index contributed by atoms with van der Waals surface area (Å²) in [5.74, 6) is -2.84. The Morgan fingerprint density at radius 3 is 2.94 bits per heavy atom. The second-order valence-corrected chi connectivity index (χ2v) is 4.63. The third-order valence-corrected chi connectivity index (χ3v) is 3.50. The third kappa shape index (κ3) is 1.47. The molecule has 3 rings (SSSR count). The molecule has 1 atom stereocenters. The van der Waals surface area contributed by atoms with Crippen molar-refractivity contribution in [3.63, 3.8) is 0 Å². The van der Waals surface area contributed by atoms with Gasteiger partial charge < -0.3 is 4.90 Å². The number of hydrogen-bond donors (Lipinski definition) is 0. The summed E-state index contributed by atoms with van der Waals surface area (Å²) in [6.07, 6.45) is 0.340. The van der Waals surface area contributed by atoms with Gasteiger partial charge in [0.25, 0.3) is 5.92 Å². The van der Waals surface area contributed by atoms with Crippen LogP contribution >= 0.6 is 0 Å². The van der Waals surface area contributed by atoms with E-state index in [-0.39, 0.29) is 24.7 Å². The highest BCUT2D eigenvalue weighted by atomic mass is 19.3. The molecule has 1 nitrogen and oxygen atoms in total. The van der Waals surface area contributed by atoms with Gasteiger partial charge in [0, 0.05) is 31.1 Å². The molecular formula is C12H12F3N. The van der Waals surface area contributed by atoms with Crippen LogP contribution in [0.4, 0.5) is 18.9 Å². The van der Waals surface area contributed by atoms with Crippen LogP contribution in [0, 0.1) is 5.82 Å². The minimum absolute atomic E-state index is 0.0969. The van der Waals surface area contributed by atoms with Crippen LogP contribution < -0.4 is 4.90 Å². The fourth-order valence-electron chi connectivity index (χ4n) is 2.77. The van der Waals surface area contributed by atoms with E-state index in [1.54, 1.807) is 6.07 Å². The van der Waals surface area contributed by atoms with Crippen LogP contribution in [0.15, 0.2) is 18.2 Å². The number of hydrogen-bond acceptors (Lipinski definition) is 1. The zero-order chi connectivity index (χ0) is 11.3. The fraction of sp³-hybridized carbons (Fsp3) is 0.500. The molecule has 1 fully saturated rings. The molecule has 16 heavy (non-hydrogen) atoms. The average molecular weight is 227 g/mol. The molecule has 0 aliphatic carbocycles. The van der Waals surface area contributed by atoms with Crippen molar-refractivity contribution >= 4 is 5.69 Å². The molecule has 0 bridgehead atoms. The molecule has 2 heterocycles. The minimum Gasteiger partial charge on any atom is -0.368 e. The maximum Gasteiger partial charge on any atom is 0.251 e. The number of nitrogens with zero attached hydrogens (tertiary/aromatic N) is 1. The van der Waals surface area contributed by atoms with E-state index in [2.05, 4.69) is 0 Å². The maximum atomic E-state index is 13.2. The Kier molecular flexibility index (Phi) is 1.97. The van der Waals surface area contributed by atoms with E-state index in [0.717, 1.165) is 11.3 Å². The molecule has 4 heteroatoms. The Balaban J connectivity index is 1.93. The number of fused-ring (bicyclic) bond motifs is 3. The van der Waals surface area contributed by atoms with E-state index < -0.39 is 5.92 Å². The van der Waals surface area contributed by atoms with Crippen LogP contribution in [0.5, 0.6) is 0 Å². The summed E-state index contributed by atoms with van der Waals surface area (Å²) in [7, 11) is 0. The molecule has 0 spiro atoms. The van der Waals surface area contributed by atoms with Crippen molar-refractivity contribution in [1.82, 2.24) is 0 Å². The number of rotatable bonds is 0. The molecule has 0 saturated carbocycles. The third-order valence-electron chi connectivity index (χ3n) is 3.50. The Labute approximate surface area is 91.9 Å². The van der Waals surface area contributed by atoms with Gasteiger partial charge in [0.05, 0.1) is 0 Å². The largest absolute Gasteiger partial charge is 0.368 e. The van der Waals surface area contributed by atoms with Gasteiger partial charge >= 0.3 is 0 Å². The lowest BCUT2D eigenvalue weighted by atomic mass is 9.98. The van der Waals surface area contributed by atoms with Gasteiger partial charge in [0.1, 0.15) is 5.82 Å². The van der Waals surface area contributed by atoms with E-state index in [1.807, 2.05) is 4.90 Å². The summed E-state index contributed by atoms with van der Waals surface area (Å²) in [4.78, 5) is 1.99. The maximum absolute atomic E-state index is 13.2. The lowest BCUT2D eigenvalue weighted by Crippen LogP contribution is -2.45. The van der Waals surface area contributed by atoms with Crippen LogP contribution in [-0.2, 0) is 6.42 Å². The highest BCUT2D eigenvalue weighted by molar-refractivity contribution is 5.60. The van der Waals surface area contributed by atoms with Crippen LogP contribution in [0.2, 0.25) is 0 Å². The molecule has 86 valence electrons. The molecule has 0 amide bonds. The molecule has 0 radical (unpaired) electrons. The predicted octanol–water partition coefficient (Wildman–Crippen LogP) is 2.99. The summed E-state index contributed by atoms with van der Waals surface area (Å²) in [6.45, 7) is 0.371. The smallest absolute Gasteiger partial charge is 0.251 e. The van der Waals surface area contributed by atoms with Gasteiger partial charge in [-0.05, 0) is 30.2 Å². The van der Waals surface area contributed by atoms with Crippen molar-refractivity contribution in [2.45, 2.75) is 31.2 Å². The standard InChI is InChI=1S/C12H12F3N/c13-9-1-2-11-8(5-9)6-10-7-12(14,15)3-4-16(10)11/h1-2,5,10H,3-4,6-7H2. The first-order valence-corrected chi connectivity index (χ1v) is 5.48. The number of anilines is 1. The molecule has 0 aromatic heterocycles. The van der Waals surface area contributed by atoms with Gasteiger partial charge in [-0.3, -0.25) is 0 Å². The minimum atomic E-state index is -2.55. The monoisotopic (exact) mass is 227 g/mol. The molecule has 1 saturated heterocycles. The quantitative estimate of drug-likeness (QED) is 0.658. The van der Waals surface area contributed by atoms with E-state index in [9.17, 15) is 13.2 Å². The normalized spacial score (nSPS) is 26.4. The van der Waals surface area contributed by atoms with Crippen molar-refractivity contribution in [2.24, 2.45) is 0 Å². The van der Waals surface area contributed by atoms with Crippen molar-refractivity contribution < 1.29 is 13.2 Å². The molecule has 1 aromatic rings. The van der Waals surface area contributed by atoms with Crippen molar-refractivity contribution in [1.29, 1.82) is 0 Å². The molecule has 1 unspecified atom stereocenters. The van der Waals surface area contributed by atoms with Gasteiger partial charge in [0.2, 0.25) is 0 Å². The summed E-state index contributed by atoms with van der Waals surface area (Å²) in [6, 6.07) is 4.41. The summed E-state index contributed by atoms with van der Waals surface area (Å²) in [5, 5.41) is 0. The summed E-state index contributed by atoms with van der Waals surface area (Å²) in [5.41, 5.74) is 1.80. The first-order chi connectivity index (χ1) is 7.55. The van der Waals surface area contributed by atoms with Gasteiger partial charge in [-0.25, -0.2) is 13.2 Å². The van der Waals surface area contributed by atoms with Crippen molar-refractivity contribution in [2.75, 3.05) is 11.4 Å². The van der Waals surface area contributed by atoms with Crippen molar-refractivity contribution in [3.8, 4) is 0 Å². The van der Waals surface area contributed by atoms with E-state index in [4.69, 9.17) is 0 Å². The first-order valence-electron chi connectivity index (χ1n) is 5.48. The number of benzene rings is 1. The topological polar surface area (TPSA) is 3.24 Å². The zero-order valence-corrected chi connectivity index (χ0v) is 8.72. The van der Waals surface area contributed by atoms with Crippen LogP contribution in [0.3, 0.4) is 0 Å². The second-order valence-electron chi connectivity index (χ2n) is 4.63. The Bertz CT molecular complexity index is 430. The molecule has 2 aliphatic heterocycles. The number of piperidine rings is 1. The van der Waals surface area contributed by atoms with Crippen LogP contribution in [0.1, 0.15) is 18.4 Å². The zero-order valence-electron chi connectivity index (χ0n) is 8.72. The number of halogens is 3. The highest BCUT2D eigenvalue weighted by Crippen LogP contribution is 2.41. The lowest BCUT2D eigenvalue weighted by molar-refractivity contribution is -0.0323. The fourth-order valence-corrected chi connectivity index (χ4v) is 2.77. The Hall–Kier alpha value is -1.19. The first kappa shape index (κ1) is 10.00. The lowest BCUT2D eigenvalue weighted by Gasteiger charge is -2.36. The molecular weight excluding hydrogens is 215 g/mol. The van der Waals surface area contributed by atoms with E-state index in [1.165, 1.54) is 12.1 Å². The predicted molar refractivity (Wildman–Crippen MR) is 55.4 cm³/mol. The second kappa shape index (κ2) is 3.15. The number of alkyl halides is 2. The van der Waals surface area contributed by atoms with E-state index in [0.29, 0.717) is 13.0 Å².